The van der Waals surface area contributed by atoms with Gasteiger partial charge in [0.25, 0.3) is 0 Å². The van der Waals surface area contributed by atoms with E-state index in [2.05, 4.69) is 294 Å². The quantitative estimate of drug-likeness (QED) is 0.105. The van der Waals surface area contributed by atoms with Crippen molar-refractivity contribution in [2.45, 2.75) is 79.6 Å². The van der Waals surface area contributed by atoms with Gasteiger partial charge in [0, 0.05) is 19.5 Å². The molecule has 0 saturated carbocycles. The van der Waals surface area contributed by atoms with E-state index in [1.54, 1.807) is 46.7 Å². The zero-order chi connectivity index (χ0) is 61.3. The third kappa shape index (κ3) is 15.9. The first-order valence-corrected chi connectivity index (χ1v) is 46.5. The van der Waals surface area contributed by atoms with Crippen molar-refractivity contribution in [3.05, 3.63) is 262 Å². The van der Waals surface area contributed by atoms with Crippen molar-refractivity contribution < 1.29 is 71.5 Å². The van der Waals surface area contributed by atoms with E-state index in [0.717, 1.165) is 25.7 Å². The van der Waals surface area contributed by atoms with Crippen LogP contribution in [0.3, 0.4) is 0 Å². The molecule has 0 aliphatic rings. The first-order chi connectivity index (χ1) is 42.9. The van der Waals surface area contributed by atoms with E-state index in [1.807, 2.05) is 45.3 Å². The fraction of sp³-hybridized carbons (Fsp3) is 0.150. The topological polar surface area (TPSA) is 0 Å². The van der Waals surface area contributed by atoms with Crippen LogP contribution in [0.25, 0.3) is 128 Å². The van der Waals surface area contributed by atoms with Gasteiger partial charge in [-0.15, -0.1) is 183 Å². The summed E-state index contributed by atoms with van der Waals surface area (Å²) < 4.78 is 0. The molecular formula is C80H72Cl2S4Si2Zr2-2. The number of rotatable bonds is 8. The number of hydrogen-bond acceptors (Lipinski definition) is 4. The summed E-state index contributed by atoms with van der Waals surface area (Å²) in [7, 11) is 0. The molecule has 90 heavy (non-hydrogen) atoms. The van der Waals surface area contributed by atoms with Crippen LogP contribution in [-0.2, 0) is 72.4 Å². The van der Waals surface area contributed by atoms with E-state index in [4.69, 9.17) is 0 Å². The second kappa shape index (κ2) is 32.6. The average molecular weight is 1470 g/mol. The molecule has 0 aliphatic heterocycles. The Balaban J connectivity index is 0.000000136. The van der Waals surface area contributed by atoms with Gasteiger partial charge in [0.05, 0.1) is 0 Å². The van der Waals surface area contributed by atoms with E-state index in [-0.39, 0.29) is 35.7 Å². The van der Waals surface area contributed by atoms with Gasteiger partial charge in [0.2, 0.25) is 0 Å². The maximum Gasteiger partial charge on any atom is -1.00 e. The van der Waals surface area contributed by atoms with Crippen LogP contribution in [-0.4, -0.2) is 10.9 Å². The minimum atomic E-state index is 0. The van der Waals surface area contributed by atoms with Crippen LogP contribution < -0.4 is 24.8 Å². The molecule has 0 spiro atoms. The van der Waals surface area contributed by atoms with Crippen molar-refractivity contribution in [1.82, 2.24) is 0 Å². The fourth-order valence-corrected chi connectivity index (χ4v) is 15.9. The van der Waals surface area contributed by atoms with E-state index in [9.17, 15) is 0 Å². The Hall–Kier alpha value is -5.18. The monoisotopic (exact) mass is 1470 g/mol. The summed E-state index contributed by atoms with van der Waals surface area (Å²) in [6.07, 6.45) is 4.39. The standard InChI is InChI=1S/4C19H15S.2C2H6Si.2ClH.2Zr/c4*1-2-13-10-14-7-5-9-17(18(14)11-13)19-16-8-4-3-6-15(16)12-20-19;2*1-3-2;;;;/h4*3-12H,2H2,1H3;2*1-2H3;2*1H;;/q4*-1;;;;;2*+2/p-2. The molecule has 0 nitrogen and oxygen atoms in total. The summed E-state index contributed by atoms with van der Waals surface area (Å²) in [5.74, 6) is 0. The van der Waals surface area contributed by atoms with Gasteiger partial charge < -0.3 is 24.8 Å². The van der Waals surface area contributed by atoms with E-state index in [0.29, 0.717) is 0 Å². The molecule has 0 unspecified atom stereocenters. The Morgan fingerprint density at radius 2 is 0.489 bits per heavy atom. The van der Waals surface area contributed by atoms with Crippen molar-refractivity contribution in [3.63, 3.8) is 0 Å². The molecule has 16 aromatic rings. The molecule has 0 radical (unpaired) electrons. The van der Waals surface area contributed by atoms with Crippen LogP contribution >= 0.6 is 45.3 Å². The molecule has 16 rings (SSSR count). The molecule has 12 aromatic carbocycles. The summed E-state index contributed by atoms with van der Waals surface area (Å²) in [5.41, 5.74) is 11.6. The summed E-state index contributed by atoms with van der Waals surface area (Å²) in [6, 6.07) is 79.8. The van der Waals surface area contributed by atoms with Gasteiger partial charge in [-0.2, -0.15) is 24.3 Å². The predicted octanol–water partition coefficient (Wildman–Crippen LogP) is 19.6. The number of benzene rings is 8. The Kier molecular flexibility index (Phi) is 25.0. The molecule has 0 N–H and O–H groups in total. The van der Waals surface area contributed by atoms with Gasteiger partial charge in [-0.25, -0.2) is 0 Å². The number of aryl methyl sites for hydroxylation is 4. The van der Waals surface area contributed by atoms with Gasteiger partial charge in [-0.05, 0) is 90.3 Å². The predicted molar refractivity (Wildman–Crippen MR) is 394 cm³/mol. The number of thiophene rings is 4. The molecule has 0 amide bonds. The van der Waals surface area contributed by atoms with Crippen LogP contribution in [0.15, 0.2) is 240 Å². The Labute approximate surface area is 590 Å². The minimum Gasteiger partial charge on any atom is -1.00 e. The third-order valence-electron chi connectivity index (χ3n) is 15.9. The van der Waals surface area contributed by atoms with Crippen molar-refractivity contribution >= 4 is 142 Å². The zero-order valence-electron chi connectivity index (χ0n) is 52.3. The number of hydrogen-bond donors (Lipinski definition) is 0. The summed E-state index contributed by atoms with van der Waals surface area (Å²) in [4.78, 5) is 5.55. The third-order valence-corrected chi connectivity index (χ3v) is 20.1. The Morgan fingerprint density at radius 1 is 0.289 bits per heavy atom. The summed E-state index contributed by atoms with van der Waals surface area (Å²) in [5, 5.41) is 30.8. The second-order valence-electron chi connectivity index (χ2n) is 22.7. The van der Waals surface area contributed by atoms with Crippen molar-refractivity contribution in [2.75, 3.05) is 0 Å². The van der Waals surface area contributed by atoms with Crippen molar-refractivity contribution in [3.8, 4) is 41.8 Å². The van der Waals surface area contributed by atoms with Crippen LogP contribution in [0, 0.1) is 0 Å². The number of fused-ring (bicyclic) bond motifs is 8. The molecule has 0 saturated heterocycles. The average Bonchev–Trinajstić information content (AvgIpc) is 2.00. The smallest absolute Gasteiger partial charge is 1.00 e. The van der Waals surface area contributed by atoms with E-state index < -0.39 is 0 Å². The van der Waals surface area contributed by atoms with Crippen LogP contribution in [0.2, 0.25) is 26.2 Å². The van der Waals surface area contributed by atoms with Gasteiger partial charge in [0.1, 0.15) is 0 Å². The molecule has 4 heterocycles. The summed E-state index contributed by atoms with van der Waals surface area (Å²) >= 11 is 10.9. The minimum absolute atomic E-state index is 0. The second-order valence-corrected chi connectivity index (χ2v) is 45.0. The normalized spacial score (nSPS) is 10.8. The van der Waals surface area contributed by atoms with Crippen LogP contribution in [0.4, 0.5) is 0 Å². The van der Waals surface area contributed by atoms with Gasteiger partial charge in [-0.3, -0.25) is 0 Å². The molecule has 0 bridgehead atoms. The summed E-state index contributed by atoms with van der Waals surface area (Å²) in [6.45, 7) is 18.1. The van der Waals surface area contributed by atoms with Crippen LogP contribution in [0.5, 0.6) is 0 Å². The Morgan fingerprint density at radius 3 is 0.689 bits per heavy atom. The van der Waals surface area contributed by atoms with Gasteiger partial charge >= 0.3 is 83.7 Å². The zero-order valence-corrected chi connectivity index (χ0v) is 64.0. The van der Waals surface area contributed by atoms with Gasteiger partial charge in [0.15, 0.2) is 0 Å². The van der Waals surface area contributed by atoms with Crippen LogP contribution in [0.1, 0.15) is 49.9 Å². The first kappa shape index (κ1) is 69.2. The molecule has 4 aromatic heterocycles. The molecule has 0 atom stereocenters. The largest absolute Gasteiger partial charge is 1.00 e. The maximum absolute atomic E-state index is 2.35. The fourth-order valence-electron chi connectivity index (χ4n) is 11.6. The van der Waals surface area contributed by atoms with E-state index in [1.165, 1.54) is 150 Å². The molecule has 10 heteroatoms. The molecule has 0 aliphatic carbocycles. The van der Waals surface area contributed by atoms with Crippen molar-refractivity contribution in [2.24, 2.45) is 0 Å². The Bertz CT molecular complexity index is 4420. The van der Waals surface area contributed by atoms with Gasteiger partial charge in [-0.1, -0.05) is 171 Å². The van der Waals surface area contributed by atoms with Crippen molar-refractivity contribution in [1.29, 1.82) is 0 Å². The number of halogens is 2. The molecule has 0 fully saturated rings. The molecule has 448 valence electrons. The molecular weight excluding hydrogens is 1400 g/mol. The first-order valence-electron chi connectivity index (χ1n) is 30.6. The SMILES string of the molecule is CCc1cc2c(-c3scc4ccccc34)cccc2[cH-]1.CCc1cc2c(-c3scc4ccccc34)cccc2[cH-]1.CCc1cc2c(-c3scc4ccccc34)cccc2[cH-]1.CCc1cc2c(-c3scc4ccccc34)cccc2[cH-]1.C[Si](C)=[Zr+2].C[Si](C)=[Zr+2].[Cl-].[Cl-]. The maximum atomic E-state index is 2.35. The van der Waals surface area contributed by atoms with E-state index >= 15 is 0 Å².